The van der Waals surface area contributed by atoms with Crippen LogP contribution in [0.25, 0.3) is 0 Å². The first-order valence-corrected chi connectivity index (χ1v) is 6.75. The number of hydrogen-bond donors (Lipinski definition) is 3. The molecule has 4 N–H and O–H groups in total. The molecule has 0 heterocycles. The number of oxime groups is 1. The van der Waals surface area contributed by atoms with Crippen molar-refractivity contribution in [2.45, 2.75) is 52.4 Å². The van der Waals surface area contributed by atoms with Gasteiger partial charge in [0.05, 0.1) is 0 Å². The van der Waals surface area contributed by atoms with Gasteiger partial charge in [-0.05, 0) is 31.8 Å². The van der Waals surface area contributed by atoms with Crippen LogP contribution in [0.4, 0.5) is 0 Å². The molecule has 4 nitrogen and oxygen atoms in total. The fraction of sp³-hybridized carbons (Fsp3) is 0.923. The SMILES string of the molecule is CC(C)(CCNCCC1CCCC1)C(N)=NO. The Balaban J connectivity index is 2.07. The maximum absolute atomic E-state index is 8.66. The highest BCUT2D eigenvalue weighted by Gasteiger charge is 2.22. The Hall–Kier alpha value is -0.770. The Morgan fingerprint density at radius 3 is 2.59 bits per heavy atom. The van der Waals surface area contributed by atoms with Crippen molar-refractivity contribution in [1.82, 2.24) is 5.32 Å². The lowest BCUT2D eigenvalue weighted by Gasteiger charge is -2.23. The summed E-state index contributed by atoms with van der Waals surface area (Å²) in [6.45, 7) is 6.02. The van der Waals surface area contributed by atoms with Gasteiger partial charge in [0.2, 0.25) is 0 Å². The first kappa shape index (κ1) is 14.3. The smallest absolute Gasteiger partial charge is 0.144 e. The fourth-order valence-corrected chi connectivity index (χ4v) is 2.39. The molecular weight excluding hydrogens is 214 g/mol. The van der Waals surface area contributed by atoms with Gasteiger partial charge < -0.3 is 16.3 Å². The van der Waals surface area contributed by atoms with Gasteiger partial charge in [0.15, 0.2) is 0 Å². The molecule has 0 radical (unpaired) electrons. The molecule has 17 heavy (non-hydrogen) atoms. The number of nitrogens with one attached hydrogen (secondary N) is 1. The molecule has 0 saturated heterocycles. The molecule has 0 aliphatic heterocycles. The van der Waals surface area contributed by atoms with Crippen LogP contribution in [0.3, 0.4) is 0 Å². The molecule has 0 bridgehead atoms. The van der Waals surface area contributed by atoms with E-state index >= 15 is 0 Å². The highest BCUT2D eigenvalue weighted by Crippen LogP contribution is 2.27. The zero-order chi connectivity index (χ0) is 12.7. The Morgan fingerprint density at radius 2 is 2.00 bits per heavy atom. The maximum atomic E-state index is 8.66. The number of nitrogens with two attached hydrogens (primary N) is 1. The van der Waals surface area contributed by atoms with E-state index in [1.165, 1.54) is 32.1 Å². The third-order valence-electron chi connectivity index (χ3n) is 3.93. The molecule has 0 atom stereocenters. The normalized spacial score (nSPS) is 18.8. The van der Waals surface area contributed by atoms with Gasteiger partial charge in [-0.15, -0.1) is 0 Å². The molecule has 1 aliphatic carbocycles. The predicted molar refractivity (Wildman–Crippen MR) is 71.3 cm³/mol. The Morgan fingerprint density at radius 1 is 1.35 bits per heavy atom. The van der Waals surface area contributed by atoms with E-state index in [9.17, 15) is 0 Å². The number of amidine groups is 1. The fourth-order valence-electron chi connectivity index (χ4n) is 2.39. The van der Waals surface area contributed by atoms with Crippen LogP contribution in [0.15, 0.2) is 5.16 Å². The van der Waals surface area contributed by atoms with Crippen molar-refractivity contribution in [2.24, 2.45) is 22.2 Å². The molecule has 0 amide bonds. The Labute approximate surface area is 105 Å². The summed E-state index contributed by atoms with van der Waals surface area (Å²) < 4.78 is 0. The molecule has 1 rings (SSSR count). The summed E-state index contributed by atoms with van der Waals surface area (Å²) in [7, 11) is 0. The zero-order valence-corrected chi connectivity index (χ0v) is 11.2. The van der Waals surface area contributed by atoms with Crippen LogP contribution in [0.5, 0.6) is 0 Å². The second-order valence-electron chi connectivity index (χ2n) is 5.81. The van der Waals surface area contributed by atoms with E-state index < -0.39 is 0 Å². The van der Waals surface area contributed by atoms with Gasteiger partial charge in [0, 0.05) is 5.41 Å². The number of nitrogens with zero attached hydrogens (tertiary/aromatic N) is 1. The van der Waals surface area contributed by atoms with Gasteiger partial charge in [-0.2, -0.15) is 0 Å². The predicted octanol–water partition coefficient (Wildman–Crippen LogP) is 2.32. The minimum absolute atomic E-state index is 0.227. The van der Waals surface area contributed by atoms with Gasteiger partial charge in [-0.3, -0.25) is 0 Å². The van der Waals surface area contributed by atoms with Crippen molar-refractivity contribution in [1.29, 1.82) is 0 Å². The Bertz CT molecular complexity index is 245. The van der Waals surface area contributed by atoms with E-state index in [2.05, 4.69) is 10.5 Å². The first-order chi connectivity index (χ1) is 8.06. The summed E-state index contributed by atoms with van der Waals surface area (Å²) in [5, 5.41) is 15.2. The van der Waals surface area contributed by atoms with Gasteiger partial charge in [-0.25, -0.2) is 0 Å². The third-order valence-corrected chi connectivity index (χ3v) is 3.93. The lowest BCUT2D eigenvalue weighted by Crippen LogP contribution is -2.35. The summed E-state index contributed by atoms with van der Waals surface area (Å²) in [6, 6.07) is 0. The minimum Gasteiger partial charge on any atom is -0.409 e. The molecule has 0 aromatic carbocycles. The van der Waals surface area contributed by atoms with Crippen LogP contribution in [0.1, 0.15) is 52.4 Å². The summed E-state index contributed by atoms with van der Waals surface area (Å²) >= 11 is 0. The lowest BCUT2D eigenvalue weighted by atomic mass is 9.88. The van der Waals surface area contributed by atoms with Crippen LogP contribution < -0.4 is 11.1 Å². The van der Waals surface area contributed by atoms with E-state index in [0.717, 1.165) is 25.4 Å². The monoisotopic (exact) mass is 241 g/mol. The van der Waals surface area contributed by atoms with Crippen molar-refractivity contribution in [3.05, 3.63) is 0 Å². The number of rotatable bonds is 7. The molecule has 0 aromatic rings. The third kappa shape index (κ3) is 4.94. The van der Waals surface area contributed by atoms with Crippen LogP contribution in [0.2, 0.25) is 0 Å². The van der Waals surface area contributed by atoms with E-state index in [4.69, 9.17) is 10.9 Å². The lowest BCUT2D eigenvalue weighted by molar-refractivity contribution is 0.304. The van der Waals surface area contributed by atoms with E-state index in [0.29, 0.717) is 5.84 Å². The van der Waals surface area contributed by atoms with Crippen LogP contribution in [0, 0.1) is 11.3 Å². The molecule has 0 spiro atoms. The molecule has 0 aromatic heterocycles. The van der Waals surface area contributed by atoms with E-state index in [-0.39, 0.29) is 5.41 Å². The molecule has 1 fully saturated rings. The van der Waals surface area contributed by atoms with Crippen molar-refractivity contribution in [3.8, 4) is 0 Å². The van der Waals surface area contributed by atoms with Gasteiger partial charge in [-0.1, -0.05) is 44.7 Å². The van der Waals surface area contributed by atoms with Crippen LogP contribution in [-0.2, 0) is 0 Å². The molecule has 1 saturated carbocycles. The summed E-state index contributed by atoms with van der Waals surface area (Å²) in [6.07, 6.45) is 7.86. The quantitative estimate of drug-likeness (QED) is 0.211. The maximum Gasteiger partial charge on any atom is 0.144 e. The molecule has 4 heteroatoms. The average molecular weight is 241 g/mol. The van der Waals surface area contributed by atoms with Crippen LogP contribution in [-0.4, -0.2) is 24.1 Å². The number of hydrogen-bond acceptors (Lipinski definition) is 3. The highest BCUT2D eigenvalue weighted by atomic mass is 16.4. The van der Waals surface area contributed by atoms with Crippen LogP contribution >= 0.6 is 0 Å². The minimum atomic E-state index is -0.227. The molecule has 100 valence electrons. The summed E-state index contributed by atoms with van der Waals surface area (Å²) in [5.74, 6) is 1.26. The van der Waals surface area contributed by atoms with Crippen molar-refractivity contribution in [2.75, 3.05) is 13.1 Å². The zero-order valence-electron chi connectivity index (χ0n) is 11.2. The van der Waals surface area contributed by atoms with Gasteiger partial charge in [0.25, 0.3) is 0 Å². The average Bonchev–Trinajstić information content (AvgIpc) is 2.80. The van der Waals surface area contributed by atoms with Crippen molar-refractivity contribution in [3.63, 3.8) is 0 Å². The van der Waals surface area contributed by atoms with Crippen molar-refractivity contribution >= 4 is 5.84 Å². The second-order valence-corrected chi connectivity index (χ2v) is 5.81. The molecule has 1 aliphatic rings. The van der Waals surface area contributed by atoms with E-state index in [1.54, 1.807) is 0 Å². The largest absolute Gasteiger partial charge is 0.409 e. The summed E-state index contributed by atoms with van der Waals surface area (Å²) in [5.41, 5.74) is 5.41. The first-order valence-electron chi connectivity index (χ1n) is 6.75. The topological polar surface area (TPSA) is 70.6 Å². The van der Waals surface area contributed by atoms with E-state index in [1.807, 2.05) is 13.8 Å². The Kier molecular flexibility index (Phi) is 5.75. The van der Waals surface area contributed by atoms with Gasteiger partial charge in [0.1, 0.15) is 5.84 Å². The highest BCUT2D eigenvalue weighted by molar-refractivity contribution is 5.85. The molecular formula is C13H27N3O. The summed E-state index contributed by atoms with van der Waals surface area (Å²) in [4.78, 5) is 0. The standard InChI is InChI=1S/C13H27N3O/c1-13(2,12(14)16-17)8-10-15-9-7-11-5-3-4-6-11/h11,15,17H,3-10H2,1-2H3,(H2,14,16). The van der Waals surface area contributed by atoms with Crippen molar-refractivity contribution < 1.29 is 5.21 Å². The second kappa shape index (κ2) is 6.84. The molecule has 0 unspecified atom stereocenters. The van der Waals surface area contributed by atoms with Gasteiger partial charge >= 0.3 is 0 Å².